The van der Waals surface area contributed by atoms with Crippen molar-refractivity contribution in [2.75, 3.05) is 29.5 Å². The van der Waals surface area contributed by atoms with E-state index < -0.39 is 5.97 Å². The first kappa shape index (κ1) is 16.1. The summed E-state index contributed by atoms with van der Waals surface area (Å²) < 4.78 is 5.53. The number of carbonyl (C=O) groups excluding carboxylic acids is 1. The summed E-state index contributed by atoms with van der Waals surface area (Å²) in [4.78, 5) is 26.3. The molecule has 120 valence electrons. The monoisotopic (exact) mass is 306 g/mol. The maximum Gasteiger partial charge on any atom is 0.305 e. The van der Waals surface area contributed by atoms with Gasteiger partial charge in [-0.05, 0) is 32.9 Å². The number of anilines is 2. The smallest absolute Gasteiger partial charge is 0.305 e. The molecule has 0 saturated carbocycles. The molecule has 0 saturated heterocycles. The zero-order valence-corrected chi connectivity index (χ0v) is 13.2. The first-order valence-corrected chi connectivity index (χ1v) is 7.49. The number of hydrogen-bond acceptors (Lipinski definition) is 4. The second-order valence-corrected chi connectivity index (χ2v) is 5.51. The molecule has 0 aromatic heterocycles. The Morgan fingerprint density at radius 1 is 1.45 bits per heavy atom. The molecule has 0 bridgehead atoms. The highest BCUT2D eigenvalue weighted by atomic mass is 16.5. The predicted octanol–water partition coefficient (Wildman–Crippen LogP) is 2.12. The molecule has 1 heterocycles. The highest BCUT2D eigenvalue weighted by Gasteiger charge is 2.25. The van der Waals surface area contributed by atoms with Gasteiger partial charge in [-0.1, -0.05) is 0 Å². The van der Waals surface area contributed by atoms with Crippen LogP contribution in [0.1, 0.15) is 27.2 Å². The minimum Gasteiger partial charge on any atom is -0.481 e. The van der Waals surface area contributed by atoms with Crippen LogP contribution in [0.3, 0.4) is 0 Å². The topological polar surface area (TPSA) is 70.1 Å². The van der Waals surface area contributed by atoms with E-state index in [0.29, 0.717) is 18.8 Å². The van der Waals surface area contributed by atoms with Crippen LogP contribution < -0.4 is 14.5 Å². The summed E-state index contributed by atoms with van der Waals surface area (Å²) in [6.45, 7) is 7.03. The Hall–Kier alpha value is -2.24. The number of hydrogen-bond donors (Lipinski definition) is 1. The van der Waals surface area contributed by atoms with Crippen molar-refractivity contribution in [2.24, 2.45) is 0 Å². The molecule has 2 rings (SSSR count). The lowest BCUT2D eigenvalue weighted by Gasteiger charge is -2.32. The van der Waals surface area contributed by atoms with Gasteiger partial charge in [-0.3, -0.25) is 9.59 Å². The maximum absolute atomic E-state index is 11.8. The van der Waals surface area contributed by atoms with Gasteiger partial charge in [-0.2, -0.15) is 0 Å². The normalized spacial score (nSPS) is 13.8. The number of benzene rings is 1. The lowest BCUT2D eigenvalue weighted by atomic mass is 10.1. The average molecular weight is 306 g/mol. The summed E-state index contributed by atoms with van der Waals surface area (Å²) >= 11 is 0. The van der Waals surface area contributed by atoms with Crippen molar-refractivity contribution in [3.63, 3.8) is 0 Å². The molecule has 22 heavy (non-hydrogen) atoms. The molecular formula is C16H22N2O4. The van der Waals surface area contributed by atoms with E-state index in [1.54, 1.807) is 4.90 Å². The maximum atomic E-state index is 11.8. The number of carboxylic acids is 1. The fraction of sp³-hybridized carbons (Fsp3) is 0.500. The van der Waals surface area contributed by atoms with Crippen molar-refractivity contribution in [3.05, 3.63) is 18.2 Å². The number of ether oxygens (including phenoxy) is 1. The largest absolute Gasteiger partial charge is 0.481 e. The zero-order valence-electron chi connectivity index (χ0n) is 13.2. The van der Waals surface area contributed by atoms with Gasteiger partial charge in [-0.15, -0.1) is 0 Å². The average Bonchev–Trinajstić information content (AvgIpc) is 2.46. The Labute approximate surface area is 130 Å². The molecule has 0 spiro atoms. The van der Waals surface area contributed by atoms with Crippen molar-refractivity contribution in [2.45, 2.75) is 33.2 Å². The third-order valence-electron chi connectivity index (χ3n) is 3.72. The fourth-order valence-electron chi connectivity index (χ4n) is 2.62. The molecule has 1 aromatic rings. The number of likely N-dealkylation sites (N-methyl/N-ethyl adjacent to an activating group) is 1. The van der Waals surface area contributed by atoms with Crippen LogP contribution in [-0.4, -0.2) is 42.7 Å². The third-order valence-corrected chi connectivity index (χ3v) is 3.72. The molecule has 1 aliphatic rings. The Balaban J connectivity index is 2.29. The van der Waals surface area contributed by atoms with E-state index in [0.717, 1.165) is 11.4 Å². The molecule has 1 amide bonds. The summed E-state index contributed by atoms with van der Waals surface area (Å²) in [7, 11) is 0. The van der Waals surface area contributed by atoms with Crippen molar-refractivity contribution < 1.29 is 19.4 Å². The molecule has 1 aliphatic heterocycles. The number of aliphatic carboxylic acids is 1. The van der Waals surface area contributed by atoms with Crippen LogP contribution in [0.2, 0.25) is 0 Å². The third kappa shape index (κ3) is 3.32. The van der Waals surface area contributed by atoms with Gasteiger partial charge in [0.05, 0.1) is 12.1 Å². The van der Waals surface area contributed by atoms with E-state index >= 15 is 0 Å². The van der Waals surface area contributed by atoms with Gasteiger partial charge >= 0.3 is 5.97 Å². The van der Waals surface area contributed by atoms with Crippen LogP contribution in [0.5, 0.6) is 5.75 Å². The van der Waals surface area contributed by atoms with Crippen molar-refractivity contribution in [3.8, 4) is 5.75 Å². The first-order chi connectivity index (χ1) is 10.4. The number of amides is 1. The number of carbonyl (C=O) groups is 2. The second-order valence-electron chi connectivity index (χ2n) is 5.51. The molecule has 0 radical (unpaired) electrons. The van der Waals surface area contributed by atoms with Gasteiger partial charge in [0.15, 0.2) is 6.61 Å². The molecular weight excluding hydrogens is 284 g/mol. The number of nitrogens with zero attached hydrogens (tertiary/aromatic N) is 2. The molecule has 6 nitrogen and oxygen atoms in total. The number of rotatable bonds is 6. The number of fused-ring (bicyclic) bond motifs is 1. The van der Waals surface area contributed by atoms with Crippen LogP contribution in [0.15, 0.2) is 18.2 Å². The lowest BCUT2D eigenvalue weighted by molar-refractivity contribution is -0.136. The lowest BCUT2D eigenvalue weighted by Crippen LogP contribution is -2.39. The zero-order chi connectivity index (χ0) is 16.3. The Morgan fingerprint density at radius 3 is 2.77 bits per heavy atom. The van der Waals surface area contributed by atoms with E-state index in [-0.39, 0.29) is 25.0 Å². The minimum absolute atomic E-state index is 0.0428. The molecule has 0 aliphatic carbocycles. The molecule has 0 unspecified atom stereocenters. The highest BCUT2D eigenvalue weighted by molar-refractivity contribution is 5.98. The van der Waals surface area contributed by atoms with Gasteiger partial charge < -0.3 is 19.6 Å². The van der Waals surface area contributed by atoms with E-state index in [4.69, 9.17) is 9.84 Å². The van der Waals surface area contributed by atoms with Crippen molar-refractivity contribution in [1.82, 2.24) is 0 Å². The minimum atomic E-state index is -0.817. The summed E-state index contributed by atoms with van der Waals surface area (Å²) in [5.41, 5.74) is 1.67. The molecule has 1 aromatic carbocycles. The van der Waals surface area contributed by atoms with Gasteiger partial charge in [0.2, 0.25) is 0 Å². The van der Waals surface area contributed by atoms with E-state index in [9.17, 15) is 9.59 Å². The highest BCUT2D eigenvalue weighted by Crippen LogP contribution is 2.36. The SMILES string of the molecule is CCN1C(=O)COc2cc(N(CCC(=O)O)C(C)C)ccc21. The van der Waals surface area contributed by atoms with Crippen molar-refractivity contribution >= 4 is 23.3 Å². The van der Waals surface area contributed by atoms with Gasteiger partial charge in [0, 0.05) is 30.9 Å². The summed E-state index contributed by atoms with van der Waals surface area (Å²) in [6.07, 6.45) is 0.0791. The molecule has 0 atom stereocenters. The van der Waals surface area contributed by atoms with Crippen LogP contribution in [0.4, 0.5) is 11.4 Å². The fourth-order valence-corrected chi connectivity index (χ4v) is 2.62. The Bertz CT molecular complexity index is 571. The van der Waals surface area contributed by atoms with Crippen molar-refractivity contribution in [1.29, 1.82) is 0 Å². The Kier molecular flexibility index (Phi) is 4.90. The van der Waals surface area contributed by atoms with E-state index in [1.807, 2.05) is 43.9 Å². The van der Waals surface area contributed by atoms with E-state index in [2.05, 4.69) is 0 Å². The molecule has 0 fully saturated rings. The quantitative estimate of drug-likeness (QED) is 0.872. The van der Waals surface area contributed by atoms with Crippen LogP contribution in [0, 0.1) is 0 Å². The summed E-state index contributed by atoms with van der Waals surface area (Å²) in [5.74, 6) is -0.197. The summed E-state index contributed by atoms with van der Waals surface area (Å²) in [6, 6.07) is 5.82. The van der Waals surface area contributed by atoms with Gasteiger partial charge in [0.1, 0.15) is 5.75 Å². The first-order valence-electron chi connectivity index (χ1n) is 7.49. The molecule has 6 heteroatoms. The standard InChI is InChI=1S/C16H22N2O4/c1-4-17-13-6-5-12(9-14(13)22-10-15(17)19)18(11(2)3)8-7-16(20)21/h5-6,9,11H,4,7-8,10H2,1-3H3,(H,20,21). The second kappa shape index (κ2) is 6.68. The molecule has 1 N–H and O–H groups in total. The van der Waals surface area contributed by atoms with Gasteiger partial charge in [0.25, 0.3) is 5.91 Å². The van der Waals surface area contributed by atoms with E-state index in [1.165, 1.54) is 0 Å². The van der Waals surface area contributed by atoms with Crippen LogP contribution in [-0.2, 0) is 9.59 Å². The van der Waals surface area contributed by atoms with Gasteiger partial charge in [-0.25, -0.2) is 0 Å². The van der Waals surface area contributed by atoms with Crippen LogP contribution in [0.25, 0.3) is 0 Å². The predicted molar refractivity (Wildman–Crippen MR) is 84.7 cm³/mol. The summed E-state index contributed by atoms with van der Waals surface area (Å²) in [5, 5.41) is 8.88. The van der Waals surface area contributed by atoms with Crippen LogP contribution >= 0.6 is 0 Å². The Morgan fingerprint density at radius 2 is 2.18 bits per heavy atom. The number of carboxylic acid groups (broad SMARTS) is 1.